The van der Waals surface area contributed by atoms with Crippen LogP contribution in [0.4, 0.5) is 0 Å². The summed E-state index contributed by atoms with van der Waals surface area (Å²) in [6.45, 7) is 1.44. The van der Waals surface area contributed by atoms with Gasteiger partial charge in [0.1, 0.15) is 5.60 Å². The molecule has 2 saturated heterocycles. The minimum absolute atomic E-state index is 0.0213. The van der Waals surface area contributed by atoms with Crippen LogP contribution in [0.5, 0.6) is 0 Å². The van der Waals surface area contributed by atoms with Gasteiger partial charge < -0.3 is 9.64 Å². The number of hydrogen-bond donors (Lipinski definition) is 0. The van der Waals surface area contributed by atoms with E-state index in [1.807, 2.05) is 41.3 Å². The Morgan fingerprint density at radius 3 is 2.52 bits per heavy atom. The predicted molar refractivity (Wildman–Crippen MR) is 95.9 cm³/mol. The summed E-state index contributed by atoms with van der Waals surface area (Å²) in [5.41, 5.74) is 2.00. The van der Waals surface area contributed by atoms with Gasteiger partial charge in [-0.3, -0.25) is 4.79 Å². The van der Waals surface area contributed by atoms with Crippen LogP contribution >= 0.6 is 0 Å². The second-order valence-electron chi connectivity index (χ2n) is 7.31. The minimum atomic E-state index is -0.393. The maximum atomic E-state index is 13.4. The van der Waals surface area contributed by atoms with E-state index in [9.17, 15) is 4.79 Å². The largest absolute Gasteiger partial charge is 0.362 e. The number of carbonyl (C=O) groups is 1. The van der Waals surface area contributed by atoms with E-state index in [2.05, 4.69) is 36.4 Å². The van der Waals surface area contributed by atoms with Crippen molar-refractivity contribution in [2.75, 3.05) is 6.54 Å². The quantitative estimate of drug-likeness (QED) is 0.805. The summed E-state index contributed by atoms with van der Waals surface area (Å²) in [7, 11) is 0. The summed E-state index contributed by atoms with van der Waals surface area (Å²) in [4.78, 5) is 15.4. The highest BCUT2D eigenvalue weighted by molar-refractivity contribution is 5.84. The first-order valence-electron chi connectivity index (χ1n) is 9.02. The Bertz CT molecular complexity index is 816. The molecule has 2 aromatic rings. The van der Waals surface area contributed by atoms with Crippen LogP contribution < -0.4 is 0 Å². The molecule has 0 N–H and O–H groups in total. The highest BCUT2D eigenvalue weighted by atomic mass is 16.5. The van der Waals surface area contributed by atoms with E-state index in [1.54, 1.807) is 0 Å². The molecule has 0 saturated carbocycles. The molecule has 25 heavy (non-hydrogen) atoms. The highest BCUT2D eigenvalue weighted by Gasteiger charge is 2.62. The summed E-state index contributed by atoms with van der Waals surface area (Å²) in [6, 6.07) is 20.6. The Kier molecular flexibility index (Phi) is 3.32. The van der Waals surface area contributed by atoms with Gasteiger partial charge in [-0.25, -0.2) is 0 Å². The van der Waals surface area contributed by atoms with Crippen LogP contribution in [0.1, 0.15) is 23.5 Å². The molecule has 2 bridgehead atoms. The highest BCUT2D eigenvalue weighted by Crippen LogP contribution is 2.55. The van der Waals surface area contributed by atoms with E-state index in [0.717, 1.165) is 13.0 Å². The van der Waals surface area contributed by atoms with Gasteiger partial charge >= 0.3 is 0 Å². The molecule has 4 atom stereocenters. The lowest BCUT2D eigenvalue weighted by Crippen LogP contribution is -2.53. The third-order valence-corrected chi connectivity index (χ3v) is 5.91. The van der Waals surface area contributed by atoms with Gasteiger partial charge in [0.05, 0.1) is 12.0 Å². The number of rotatable bonds is 3. The molecule has 3 aliphatic heterocycles. The molecular weight excluding hydrogens is 310 g/mol. The molecule has 0 aromatic heterocycles. The summed E-state index contributed by atoms with van der Waals surface area (Å²) in [6.07, 6.45) is 5.22. The summed E-state index contributed by atoms with van der Waals surface area (Å²) in [5.74, 6) is 0.246. The molecule has 2 fully saturated rings. The molecule has 1 spiro atoms. The van der Waals surface area contributed by atoms with Gasteiger partial charge in [-0.05, 0) is 17.5 Å². The van der Waals surface area contributed by atoms with Crippen LogP contribution in [0, 0.1) is 5.92 Å². The Labute approximate surface area is 147 Å². The lowest BCUT2D eigenvalue weighted by molar-refractivity contribution is -0.147. The second kappa shape index (κ2) is 5.57. The molecule has 1 amide bonds. The van der Waals surface area contributed by atoms with Crippen LogP contribution in [0.2, 0.25) is 0 Å². The average Bonchev–Trinajstić information content (AvgIpc) is 3.22. The summed E-state index contributed by atoms with van der Waals surface area (Å²) < 4.78 is 6.34. The van der Waals surface area contributed by atoms with E-state index in [0.29, 0.717) is 6.54 Å². The number of likely N-dealkylation sites (tertiary alicyclic amines) is 1. The summed E-state index contributed by atoms with van der Waals surface area (Å²) in [5, 5.41) is 0. The van der Waals surface area contributed by atoms with Gasteiger partial charge in [0.25, 0.3) is 0 Å². The minimum Gasteiger partial charge on any atom is -0.362 e. The van der Waals surface area contributed by atoms with Crippen molar-refractivity contribution in [1.82, 2.24) is 4.90 Å². The first kappa shape index (κ1) is 14.9. The number of hydrogen-bond acceptors (Lipinski definition) is 2. The molecule has 3 heterocycles. The van der Waals surface area contributed by atoms with Crippen molar-refractivity contribution < 1.29 is 9.53 Å². The van der Waals surface area contributed by atoms with Crippen molar-refractivity contribution in [3.8, 4) is 0 Å². The zero-order chi connectivity index (χ0) is 16.9. The molecule has 0 unspecified atom stereocenters. The van der Waals surface area contributed by atoms with Crippen molar-refractivity contribution in [1.29, 1.82) is 0 Å². The van der Waals surface area contributed by atoms with Crippen molar-refractivity contribution in [2.24, 2.45) is 5.92 Å². The number of amides is 1. The number of ether oxygens (including phenoxy) is 1. The van der Waals surface area contributed by atoms with Crippen molar-refractivity contribution in [3.05, 3.63) is 83.9 Å². The number of fused-ring (bicyclic) bond motifs is 1. The Hall–Kier alpha value is -2.39. The number of carbonyl (C=O) groups excluding carboxylic acids is 1. The standard InChI is InChI=1S/C22H21NO2/c24-21-20-19(17-9-5-2-6-10-17)18-11-12-22(20,25-18)13-14-23(21)15-16-7-3-1-4-8-16/h1-12,18-20H,13-15H2/t18-,19+,20+,22-/m0/s1. The summed E-state index contributed by atoms with van der Waals surface area (Å²) >= 11 is 0. The number of piperidine rings is 1. The van der Waals surface area contributed by atoms with Crippen LogP contribution in [0.3, 0.4) is 0 Å². The number of benzene rings is 2. The first-order valence-corrected chi connectivity index (χ1v) is 9.02. The van der Waals surface area contributed by atoms with Gasteiger partial charge in [-0.15, -0.1) is 0 Å². The third kappa shape index (κ3) is 2.26. The maximum absolute atomic E-state index is 13.4. The third-order valence-electron chi connectivity index (χ3n) is 5.91. The van der Waals surface area contributed by atoms with Gasteiger partial charge in [0.15, 0.2) is 0 Å². The zero-order valence-corrected chi connectivity index (χ0v) is 14.0. The lowest BCUT2D eigenvalue weighted by atomic mass is 9.69. The lowest BCUT2D eigenvalue weighted by Gasteiger charge is -2.42. The van der Waals surface area contributed by atoms with Gasteiger partial charge in [0.2, 0.25) is 5.91 Å². The molecule has 2 aromatic carbocycles. The molecule has 0 aliphatic carbocycles. The van der Waals surface area contributed by atoms with Gasteiger partial charge in [-0.2, -0.15) is 0 Å². The fraction of sp³-hybridized carbons (Fsp3) is 0.318. The smallest absolute Gasteiger partial charge is 0.229 e. The van der Waals surface area contributed by atoms with Gasteiger partial charge in [-0.1, -0.05) is 72.8 Å². The molecule has 3 aliphatic rings. The topological polar surface area (TPSA) is 29.5 Å². The molecule has 5 rings (SSSR count). The average molecular weight is 331 g/mol. The molecule has 126 valence electrons. The van der Waals surface area contributed by atoms with Crippen molar-refractivity contribution in [2.45, 2.75) is 30.6 Å². The predicted octanol–water partition coefficient (Wildman–Crippen LogP) is 3.53. The monoisotopic (exact) mass is 331 g/mol. The zero-order valence-electron chi connectivity index (χ0n) is 14.0. The fourth-order valence-electron chi connectivity index (χ4n) is 4.75. The Morgan fingerprint density at radius 2 is 1.76 bits per heavy atom. The van der Waals surface area contributed by atoms with Crippen LogP contribution in [-0.2, 0) is 16.1 Å². The Balaban J connectivity index is 1.48. The van der Waals surface area contributed by atoms with E-state index in [1.165, 1.54) is 11.1 Å². The van der Waals surface area contributed by atoms with E-state index >= 15 is 0 Å². The van der Waals surface area contributed by atoms with Crippen LogP contribution in [0.15, 0.2) is 72.8 Å². The molecule has 0 radical (unpaired) electrons. The number of nitrogens with zero attached hydrogens (tertiary/aromatic N) is 1. The SMILES string of the molecule is O=C1[C@H]2[C@H](c3ccccc3)[C@@H]3C=C[C@@]2(CCN1Cc1ccccc1)O3. The van der Waals surface area contributed by atoms with Crippen LogP contribution in [-0.4, -0.2) is 29.1 Å². The van der Waals surface area contributed by atoms with Crippen LogP contribution in [0.25, 0.3) is 0 Å². The van der Waals surface area contributed by atoms with Gasteiger partial charge in [0, 0.05) is 19.0 Å². The molecule has 3 heteroatoms. The normalized spacial score (nSPS) is 32.9. The Morgan fingerprint density at radius 1 is 1.04 bits per heavy atom. The van der Waals surface area contributed by atoms with E-state index in [-0.39, 0.29) is 23.8 Å². The first-order chi connectivity index (χ1) is 12.3. The van der Waals surface area contributed by atoms with Crippen molar-refractivity contribution in [3.63, 3.8) is 0 Å². The van der Waals surface area contributed by atoms with E-state index < -0.39 is 5.60 Å². The van der Waals surface area contributed by atoms with E-state index in [4.69, 9.17) is 4.74 Å². The van der Waals surface area contributed by atoms with Crippen molar-refractivity contribution >= 4 is 5.91 Å². The molecule has 3 nitrogen and oxygen atoms in total. The maximum Gasteiger partial charge on any atom is 0.229 e. The fourth-order valence-corrected chi connectivity index (χ4v) is 4.75. The molecular formula is C22H21NO2. The second-order valence-corrected chi connectivity index (χ2v) is 7.31.